The Hall–Kier alpha value is -1.59. The van der Waals surface area contributed by atoms with E-state index in [9.17, 15) is 4.79 Å². The van der Waals surface area contributed by atoms with E-state index in [0.717, 1.165) is 38.0 Å². The van der Waals surface area contributed by atoms with Gasteiger partial charge in [0.1, 0.15) is 12.4 Å². The summed E-state index contributed by atoms with van der Waals surface area (Å²) in [5, 5.41) is 3.31. The minimum absolute atomic E-state index is 0.00457. The number of benzene rings is 1. The molecule has 1 heterocycles. The fourth-order valence-electron chi connectivity index (χ4n) is 4.95. The van der Waals surface area contributed by atoms with Crippen LogP contribution in [0, 0.1) is 11.8 Å². The number of amides is 1. The predicted molar refractivity (Wildman–Crippen MR) is 100 cm³/mol. The zero-order chi connectivity index (χ0) is 17.9. The molecular weight excluding hydrogens is 328 g/mol. The molecule has 3 N–H and O–H groups in total. The summed E-state index contributed by atoms with van der Waals surface area (Å²) >= 11 is 0. The number of carbonyl (C=O) groups excluding carboxylic acids is 1. The molecule has 1 aromatic rings. The second kappa shape index (κ2) is 7.97. The van der Waals surface area contributed by atoms with E-state index in [2.05, 4.69) is 5.32 Å². The van der Waals surface area contributed by atoms with Crippen molar-refractivity contribution in [2.45, 2.75) is 63.1 Å². The molecule has 0 spiro atoms. The van der Waals surface area contributed by atoms with Gasteiger partial charge in [0.25, 0.3) is 5.91 Å². The SMILES string of the molecule is NC1CC2CCCC(C1)C2NC(=O)c1cccc(OCC2CCCO2)c1. The summed E-state index contributed by atoms with van der Waals surface area (Å²) in [5.74, 6) is 1.80. The van der Waals surface area contributed by atoms with Crippen molar-refractivity contribution < 1.29 is 14.3 Å². The molecule has 1 aliphatic heterocycles. The Kier molecular flexibility index (Phi) is 5.46. The first-order chi connectivity index (χ1) is 12.7. The topological polar surface area (TPSA) is 73.6 Å². The Labute approximate surface area is 155 Å². The first-order valence-electron chi connectivity index (χ1n) is 10.1. The van der Waals surface area contributed by atoms with Crippen molar-refractivity contribution in [3.05, 3.63) is 29.8 Å². The van der Waals surface area contributed by atoms with Gasteiger partial charge in [-0.25, -0.2) is 0 Å². The summed E-state index contributed by atoms with van der Waals surface area (Å²) < 4.78 is 11.4. The summed E-state index contributed by atoms with van der Waals surface area (Å²) in [5.41, 5.74) is 6.86. The monoisotopic (exact) mass is 358 g/mol. The van der Waals surface area contributed by atoms with Gasteiger partial charge in [-0.15, -0.1) is 0 Å². The van der Waals surface area contributed by atoms with Crippen molar-refractivity contribution in [3.8, 4) is 5.75 Å². The molecule has 2 bridgehead atoms. The molecule has 5 nitrogen and oxygen atoms in total. The molecule has 3 unspecified atom stereocenters. The average Bonchev–Trinajstić information content (AvgIpc) is 3.14. The van der Waals surface area contributed by atoms with Crippen molar-refractivity contribution in [3.63, 3.8) is 0 Å². The van der Waals surface area contributed by atoms with Crippen LogP contribution in [0.4, 0.5) is 0 Å². The van der Waals surface area contributed by atoms with Crippen molar-refractivity contribution in [2.75, 3.05) is 13.2 Å². The van der Waals surface area contributed by atoms with Crippen LogP contribution in [-0.4, -0.2) is 37.3 Å². The zero-order valence-corrected chi connectivity index (χ0v) is 15.4. The van der Waals surface area contributed by atoms with Crippen molar-refractivity contribution in [1.82, 2.24) is 5.32 Å². The van der Waals surface area contributed by atoms with E-state index < -0.39 is 0 Å². The third-order valence-electron chi connectivity index (χ3n) is 6.23. The van der Waals surface area contributed by atoms with Crippen LogP contribution in [0.5, 0.6) is 5.75 Å². The molecule has 3 atom stereocenters. The van der Waals surface area contributed by atoms with E-state index in [0.29, 0.717) is 30.0 Å². The van der Waals surface area contributed by atoms with Crippen LogP contribution >= 0.6 is 0 Å². The van der Waals surface area contributed by atoms with Gasteiger partial charge in [0.2, 0.25) is 0 Å². The van der Waals surface area contributed by atoms with Crippen LogP contribution in [0.1, 0.15) is 55.3 Å². The second-order valence-corrected chi connectivity index (χ2v) is 8.16. The molecule has 1 aromatic carbocycles. The van der Waals surface area contributed by atoms with Gasteiger partial charge >= 0.3 is 0 Å². The quantitative estimate of drug-likeness (QED) is 0.849. The minimum Gasteiger partial charge on any atom is -0.491 e. The number of fused-ring (bicyclic) bond motifs is 2. The highest BCUT2D eigenvalue weighted by Crippen LogP contribution is 2.39. The lowest BCUT2D eigenvalue weighted by Crippen LogP contribution is -2.53. The molecular formula is C21H30N2O3. The fourth-order valence-corrected chi connectivity index (χ4v) is 4.95. The van der Waals surface area contributed by atoms with Crippen molar-refractivity contribution >= 4 is 5.91 Å². The summed E-state index contributed by atoms with van der Waals surface area (Å²) in [6, 6.07) is 8.06. The summed E-state index contributed by atoms with van der Waals surface area (Å²) in [4.78, 5) is 12.8. The molecule has 0 radical (unpaired) electrons. The molecule has 1 amide bonds. The molecule has 3 aliphatic rings. The third kappa shape index (κ3) is 4.04. The van der Waals surface area contributed by atoms with Gasteiger partial charge in [0.05, 0.1) is 6.10 Å². The van der Waals surface area contributed by atoms with E-state index in [-0.39, 0.29) is 18.1 Å². The van der Waals surface area contributed by atoms with Gasteiger partial charge in [-0.1, -0.05) is 12.5 Å². The Balaban J connectivity index is 1.37. The third-order valence-corrected chi connectivity index (χ3v) is 6.23. The van der Waals surface area contributed by atoms with Crippen LogP contribution in [0.2, 0.25) is 0 Å². The van der Waals surface area contributed by atoms with Gasteiger partial charge in [0, 0.05) is 24.3 Å². The maximum absolute atomic E-state index is 12.8. The van der Waals surface area contributed by atoms with Crippen LogP contribution in [0.15, 0.2) is 24.3 Å². The number of carbonyl (C=O) groups is 1. The molecule has 2 saturated carbocycles. The number of hydrogen-bond donors (Lipinski definition) is 2. The first-order valence-corrected chi connectivity index (χ1v) is 10.1. The molecule has 2 aliphatic carbocycles. The standard InChI is InChI=1S/C21H30N2O3/c22-17-10-14-4-1-5-15(11-17)20(14)23-21(24)16-6-2-7-18(12-16)26-13-19-8-3-9-25-19/h2,6-7,12,14-15,17,19-20H,1,3-5,8-11,13,22H2,(H,23,24). The Morgan fingerprint density at radius 2 is 2.00 bits per heavy atom. The zero-order valence-electron chi connectivity index (χ0n) is 15.4. The van der Waals surface area contributed by atoms with Gasteiger partial charge in [0.15, 0.2) is 0 Å². The maximum Gasteiger partial charge on any atom is 0.251 e. The number of hydrogen-bond acceptors (Lipinski definition) is 4. The van der Waals surface area contributed by atoms with Crippen LogP contribution in [-0.2, 0) is 4.74 Å². The largest absolute Gasteiger partial charge is 0.491 e. The Bertz CT molecular complexity index is 615. The molecule has 142 valence electrons. The lowest BCUT2D eigenvalue weighted by atomic mass is 9.67. The highest BCUT2D eigenvalue weighted by Gasteiger charge is 2.39. The van der Waals surface area contributed by atoms with Crippen LogP contribution in [0.25, 0.3) is 0 Å². The highest BCUT2D eigenvalue weighted by atomic mass is 16.5. The smallest absolute Gasteiger partial charge is 0.251 e. The van der Waals surface area contributed by atoms with Crippen LogP contribution < -0.4 is 15.8 Å². The van der Waals surface area contributed by atoms with E-state index in [1.807, 2.05) is 24.3 Å². The summed E-state index contributed by atoms with van der Waals surface area (Å²) in [6.45, 7) is 1.37. The lowest BCUT2D eigenvalue weighted by Gasteiger charge is -2.45. The fraction of sp³-hybridized carbons (Fsp3) is 0.667. The number of nitrogens with two attached hydrogens (primary N) is 1. The van der Waals surface area contributed by atoms with Crippen molar-refractivity contribution in [2.24, 2.45) is 17.6 Å². The predicted octanol–water partition coefficient (Wildman–Crippen LogP) is 2.88. The van der Waals surface area contributed by atoms with Gasteiger partial charge in [-0.05, 0) is 68.6 Å². The van der Waals surface area contributed by atoms with E-state index >= 15 is 0 Å². The molecule has 5 heteroatoms. The summed E-state index contributed by atoms with van der Waals surface area (Å²) in [6.07, 6.45) is 8.02. The lowest BCUT2D eigenvalue weighted by molar-refractivity contribution is 0.0678. The number of ether oxygens (including phenoxy) is 2. The highest BCUT2D eigenvalue weighted by molar-refractivity contribution is 5.94. The molecule has 4 rings (SSSR count). The molecule has 0 aromatic heterocycles. The molecule has 3 fully saturated rings. The second-order valence-electron chi connectivity index (χ2n) is 8.16. The van der Waals surface area contributed by atoms with E-state index in [1.165, 1.54) is 19.3 Å². The van der Waals surface area contributed by atoms with E-state index in [1.54, 1.807) is 0 Å². The van der Waals surface area contributed by atoms with Crippen LogP contribution in [0.3, 0.4) is 0 Å². The van der Waals surface area contributed by atoms with Gasteiger partial charge < -0.3 is 20.5 Å². The minimum atomic E-state index is 0.00457. The summed E-state index contributed by atoms with van der Waals surface area (Å²) in [7, 11) is 0. The molecule has 26 heavy (non-hydrogen) atoms. The first kappa shape index (κ1) is 17.8. The van der Waals surface area contributed by atoms with E-state index in [4.69, 9.17) is 15.2 Å². The number of nitrogens with one attached hydrogen (secondary N) is 1. The Morgan fingerprint density at radius 3 is 2.73 bits per heavy atom. The normalized spacial score (nSPS) is 33.7. The van der Waals surface area contributed by atoms with Gasteiger partial charge in [-0.3, -0.25) is 4.79 Å². The average molecular weight is 358 g/mol. The maximum atomic E-state index is 12.8. The van der Waals surface area contributed by atoms with Gasteiger partial charge in [-0.2, -0.15) is 0 Å². The molecule has 1 saturated heterocycles. The number of rotatable bonds is 5. The Morgan fingerprint density at radius 1 is 1.19 bits per heavy atom. The van der Waals surface area contributed by atoms with Crippen molar-refractivity contribution in [1.29, 1.82) is 0 Å².